The predicted octanol–water partition coefficient (Wildman–Crippen LogP) is 3.53. The highest BCUT2D eigenvalue weighted by molar-refractivity contribution is 4.86. The molecular formula is C15H29F3N2. The molecule has 0 aliphatic heterocycles. The summed E-state index contributed by atoms with van der Waals surface area (Å²) in [5.74, 6) is 1.83. The number of nitrogens with zero attached hydrogens (tertiary/aromatic N) is 1. The minimum absolute atomic E-state index is 0.1000. The van der Waals surface area contributed by atoms with E-state index in [1.54, 1.807) is 7.05 Å². The molecule has 20 heavy (non-hydrogen) atoms. The van der Waals surface area contributed by atoms with Crippen LogP contribution in [0, 0.1) is 17.8 Å². The smallest absolute Gasteiger partial charge is 0.317 e. The molecule has 0 aromatic rings. The maximum absolute atomic E-state index is 12.3. The van der Waals surface area contributed by atoms with Gasteiger partial charge in [0, 0.05) is 19.1 Å². The van der Waals surface area contributed by atoms with E-state index in [-0.39, 0.29) is 6.54 Å². The lowest BCUT2D eigenvalue weighted by atomic mass is 9.73. The first-order valence-electron chi connectivity index (χ1n) is 7.65. The summed E-state index contributed by atoms with van der Waals surface area (Å²) in [6, 6.07) is 0.443. The number of hydrogen-bond acceptors (Lipinski definition) is 2. The third kappa shape index (κ3) is 6.00. The van der Waals surface area contributed by atoms with Crippen molar-refractivity contribution in [3.8, 4) is 0 Å². The van der Waals surface area contributed by atoms with Crippen molar-refractivity contribution >= 4 is 0 Å². The lowest BCUT2D eigenvalue weighted by Gasteiger charge is -2.39. The van der Waals surface area contributed by atoms with Gasteiger partial charge >= 0.3 is 6.18 Å². The van der Waals surface area contributed by atoms with Crippen LogP contribution in [0.15, 0.2) is 0 Å². The zero-order valence-corrected chi connectivity index (χ0v) is 13.1. The fourth-order valence-electron chi connectivity index (χ4n) is 3.30. The second-order valence-corrected chi connectivity index (χ2v) is 6.60. The van der Waals surface area contributed by atoms with Crippen LogP contribution in [0.1, 0.15) is 39.5 Å². The monoisotopic (exact) mass is 294 g/mol. The number of hydrogen-bond donors (Lipinski definition) is 1. The zero-order valence-electron chi connectivity index (χ0n) is 13.1. The molecular weight excluding hydrogens is 265 g/mol. The lowest BCUT2D eigenvalue weighted by molar-refractivity contribution is -0.137. The first-order valence-corrected chi connectivity index (χ1v) is 7.65. The Bertz CT molecular complexity index is 279. The summed E-state index contributed by atoms with van der Waals surface area (Å²) in [6.07, 6.45) is -1.28. The molecule has 1 aliphatic rings. The van der Waals surface area contributed by atoms with E-state index < -0.39 is 12.6 Å². The van der Waals surface area contributed by atoms with Crippen molar-refractivity contribution in [2.75, 3.05) is 27.2 Å². The topological polar surface area (TPSA) is 15.3 Å². The molecule has 1 N–H and O–H groups in total. The standard InChI is InChI=1S/C15H29F3N2/c1-11(2)12-5-6-14(19-3)13(9-12)10-20(4)8-7-15(16,17)18/h11-14,19H,5-10H2,1-4H3. The molecule has 0 heterocycles. The molecule has 0 amide bonds. The highest BCUT2D eigenvalue weighted by Crippen LogP contribution is 2.34. The van der Waals surface area contributed by atoms with E-state index in [0.29, 0.717) is 23.8 Å². The zero-order chi connectivity index (χ0) is 15.3. The van der Waals surface area contributed by atoms with Crippen LogP contribution in [0.3, 0.4) is 0 Å². The summed E-state index contributed by atoms with van der Waals surface area (Å²) in [5.41, 5.74) is 0. The Morgan fingerprint density at radius 3 is 2.40 bits per heavy atom. The fraction of sp³-hybridized carbons (Fsp3) is 1.00. The van der Waals surface area contributed by atoms with Gasteiger partial charge in [-0.2, -0.15) is 13.2 Å². The lowest BCUT2D eigenvalue weighted by Crippen LogP contribution is -2.45. The number of nitrogens with one attached hydrogen (secondary N) is 1. The van der Waals surface area contributed by atoms with Crippen LogP contribution in [0.4, 0.5) is 13.2 Å². The molecule has 2 nitrogen and oxygen atoms in total. The summed E-state index contributed by atoms with van der Waals surface area (Å²) >= 11 is 0. The molecule has 3 atom stereocenters. The van der Waals surface area contributed by atoms with Crippen molar-refractivity contribution in [2.45, 2.75) is 51.7 Å². The molecule has 0 saturated heterocycles. The second kappa shape index (κ2) is 7.64. The molecule has 0 bridgehead atoms. The summed E-state index contributed by atoms with van der Waals surface area (Å²) in [6.45, 7) is 5.34. The van der Waals surface area contributed by atoms with E-state index in [2.05, 4.69) is 19.2 Å². The van der Waals surface area contributed by atoms with Crippen molar-refractivity contribution in [3.63, 3.8) is 0 Å². The Morgan fingerprint density at radius 1 is 1.25 bits per heavy atom. The first-order chi connectivity index (χ1) is 9.23. The molecule has 1 rings (SSSR count). The van der Waals surface area contributed by atoms with E-state index in [1.807, 2.05) is 11.9 Å². The van der Waals surface area contributed by atoms with Gasteiger partial charge in [0.1, 0.15) is 0 Å². The van der Waals surface area contributed by atoms with Crippen molar-refractivity contribution in [1.29, 1.82) is 0 Å². The summed E-state index contributed by atoms with van der Waals surface area (Å²) < 4.78 is 36.8. The Morgan fingerprint density at radius 2 is 1.90 bits per heavy atom. The maximum atomic E-state index is 12.3. The van der Waals surface area contributed by atoms with Gasteiger partial charge in [-0.05, 0) is 51.1 Å². The van der Waals surface area contributed by atoms with Crippen LogP contribution < -0.4 is 5.32 Å². The molecule has 0 aromatic heterocycles. The SMILES string of the molecule is CNC1CCC(C(C)C)CC1CN(C)CCC(F)(F)F. The molecule has 0 spiro atoms. The van der Waals surface area contributed by atoms with Gasteiger partial charge in [-0.3, -0.25) is 0 Å². The van der Waals surface area contributed by atoms with Gasteiger partial charge < -0.3 is 10.2 Å². The Balaban J connectivity index is 2.48. The summed E-state index contributed by atoms with van der Waals surface area (Å²) in [7, 11) is 3.76. The van der Waals surface area contributed by atoms with Gasteiger partial charge in [0.2, 0.25) is 0 Å². The molecule has 120 valence electrons. The van der Waals surface area contributed by atoms with Crippen molar-refractivity contribution in [1.82, 2.24) is 10.2 Å². The van der Waals surface area contributed by atoms with Gasteiger partial charge in [0.05, 0.1) is 6.42 Å². The maximum Gasteiger partial charge on any atom is 0.390 e. The molecule has 3 unspecified atom stereocenters. The first kappa shape index (κ1) is 17.8. The molecule has 5 heteroatoms. The number of rotatable bonds is 6. The molecule has 0 radical (unpaired) electrons. The van der Waals surface area contributed by atoms with E-state index in [1.165, 1.54) is 6.42 Å². The molecule has 1 fully saturated rings. The van der Waals surface area contributed by atoms with Crippen molar-refractivity contribution in [3.05, 3.63) is 0 Å². The third-order valence-electron chi connectivity index (χ3n) is 4.66. The third-order valence-corrected chi connectivity index (χ3v) is 4.66. The molecule has 0 aromatic carbocycles. The number of halogens is 3. The average molecular weight is 294 g/mol. The Kier molecular flexibility index (Phi) is 6.79. The van der Waals surface area contributed by atoms with Gasteiger partial charge in [-0.25, -0.2) is 0 Å². The second-order valence-electron chi connectivity index (χ2n) is 6.60. The van der Waals surface area contributed by atoms with Crippen molar-refractivity contribution < 1.29 is 13.2 Å². The molecule has 1 aliphatic carbocycles. The quantitative estimate of drug-likeness (QED) is 0.806. The van der Waals surface area contributed by atoms with Crippen LogP contribution in [0.2, 0.25) is 0 Å². The minimum atomic E-state index is -4.05. The molecule has 1 saturated carbocycles. The van der Waals surface area contributed by atoms with Crippen LogP contribution in [-0.4, -0.2) is 44.3 Å². The van der Waals surface area contributed by atoms with Crippen LogP contribution >= 0.6 is 0 Å². The van der Waals surface area contributed by atoms with Gasteiger partial charge in [-0.1, -0.05) is 13.8 Å². The average Bonchev–Trinajstić information content (AvgIpc) is 2.35. The highest BCUT2D eigenvalue weighted by Gasteiger charge is 2.32. The Labute approximate surface area is 121 Å². The predicted molar refractivity (Wildman–Crippen MR) is 76.7 cm³/mol. The van der Waals surface area contributed by atoms with Gasteiger partial charge in [0.15, 0.2) is 0 Å². The van der Waals surface area contributed by atoms with Gasteiger partial charge in [0.25, 0.3) is 0 Å². The van der Waals surface area contributed by atoms with E-state index >= 15 is 0 Å². The Hall–Kier alpha value is -0.290. The summed E-state index contributed by atoms with van der Waals surface area (Å²) in [5, 5.41) is 3.34. The van der Waals surface area contributed by atoms with E-state index in [9.17, 15) is 13.2 Å². The van der Waals surface area contributed by atoms with E-state index in [0.717, 1.165) is 19.4 Å². The normalized spacial score (nSPS) is 28.4. The van der Waals surface area contributed by atoms with Crippen LogP contribution in [0.25, 0.3) is 0 Å². The van der Waals surface area contributed by atoms with Gasteiger partial charge in [-0.15, -0.1) is 0 Å². The van der Waals surface area contributed by atoms with Crippen LogP contribution in [-0.2, 0) is 0 Å². The van der Waals surface area contributed by atoms with E-state index in [4.69, 9.17) is 0 Å². The minimum Gasteiger partial charge on any atom is -0.317 e. The highest BCUT2D eigenvalue weighted by atomic mass is 19.4. The van der Waals surface area contributed by atoms with Crippen LogP contribution in [0.5, 0.6) is 0 Å². The largest absolute Gasteiger partial charge is 0.390 e. The number of alkyl halides is 3. The summed E-state index contributed by atoms with van der Waals surface area (Å²) in [4.78, 5) is 1.84. The fourth-order valence-corrected chi connectivity index (χ4v) is 3.30. The van der Waals surface area contributed by atoms with Crippen molar-refractivity contribution in [2.24, 2.45) is 17.8 Å².